The number of rotatable bonds is 5. The summed E-state index contributed by atoms with van der Waals surface area (Å²) < 4.78 is 4.87. The van der Waals surface area contributed by atoms with Crippen LogP contribution in [0.1, 0.15) is 12.5 Å². The molecule has 1 rings (SSSR count). The molecule has 0 amide bonds. The SMILES string of the molecule is CCOC=C(C#N)C(=O)ONc1ccc(Cl)cc1C. The Labute approximate surface area is 116 Å². The Morgan fingerprint density at radius 2 is 2.32 bits per heavy atom. The summed E-state index contributed by atoms with van der Waals surface area (Å²) in [5, 5.41) is 9.35. The number of anilines is 1. The zero-order valence-corrected chi connectivity index (χ0v) is 11.3. The van der Waals surface area contributed by atoms with Crippen LogP contribution in [0.5, 0.6) is 0 Å². The largest absolute Gasteiger partial charge is 0.500 e. The molecule has 1 aromatic rings. The zero-order valence-electron chi connectivity index (χ0n) is 10.6. The van der Waals surface area contributed by atoms with E-state index in [-0.39, 0.29) is 5.57 Å². The van der Waals surface area contributed by atoms with Crippen molar-refractivity contribution in [1.29, 1.82) is 5.26 Å². The number of nitrogens with one attached hydrogen (secondary N) is 1. The van der Waals surface area contributed by atoms with Gasteiger partial charge in [-0.2, -0.15) is 5.26 Å². The lowest BCUT2D eigenvalue weighted by Crippen LogP contribution is -2.13. The molecule has 0 aliphatic heterocycles. The number of aryl methyl sites for hydroxylation is 1. The fourth-order valence-electron chi connectivity index (χ4n) is 1.18. The van der Waals surface area contributed by atoms with Crippen molar-refractivity contribution in [3.05, 3.63) is 40.6 Å². The first kappa shape index (κ1) is 14.9. The van der Waals surface area contributed by atoms with Gasteiger partial charge in [-0.3, -0.25) is 0 Å². The highest BCUT2D eigenvalue weighted by atomic mass is 35.5. The number of benzene rings is 1. The van der Waals surface area contributed by atoms with E-state index in [9.17, 15) is 4.79 Å². The molecule has 0 bridgehead atoms. The van der Waals surface area contributed by atoms with Gasteiger partial charge in [0.1, 0.15) is 12.3 Å². The van der Waals surface area contributed by atoms with E-state index < -0.39 is 5.97 Å². The molecule has 1 N–H and O–H groups in total. The van der Waals surface area contributed by atoms with Crippen LogP contribution in [0.25, 0.3) is 0 Å². The van der Waals surface area contributed by atoms with Gasteiger partial charge in [-0.05, 0) is 37.6 Å². The van der Waals surface area contributed by atoms with E-state index in [1.165, 1.54) is 0 Å². The van der Waals surface area contributed by atoms with Gasteiger partial charge in [-0.25, -0.2) is 10.3 Å². The molecular formula is C13H13ClN2O3. The molecule has 0 radical (unpaired) electrons. The van der Waals surface area contributed by atoms with Crippen molar-refractivity contribution < 1.29 is 14.4 Å². The molecule has 5 nitrogen and oxygen atoms in total. The maximum atomic E-state index is 11.6. The van der Waals surface area contributed by atoms with Crippen LogP contribution < -0.4 is 5.48 Å². The van der Waals surface area contributed by atoms with E-state index in [4.69, 9.17) is 26.4 Å². The number of halogens is 1. The maximum absolute atomic E-state index is 11.6. The number of nitriles is 1. The lowest BCUT2D eigenvalue weighted by molar-refractivity contribution is -0.135. The Bertz CT molecular complexity index is 535. The van der Waals surface area contributed by atoms with E-state index in [1.807, 2.05) is 6.92 Å². The maximum Gasteiger partial charge on any atom is 0.376 e. The van der Waals surface area contributed by atoms with Crippen LogP contribution in [-0.4, -0.2) is 12.6 Å². The van der Waals surface area contributed by atoms with Crippen LogP contribution in [-0.2, 0) is 14.4 Å². The summed E-state index contributed by atoms with van der Waals surface area (Å²) in [6, 6.07) is 6.75. The fraction of sp³-hybridized carbons (Fsp3) is 0.231. The highest BCUT2D eigenvalue weighted by Crippen LogP contribution is 2.19. The lowest BCUT2D eigenvalue weighted by Gasteiger charge is -2.09. The molecule has 0 spiro atoms. The third kappa shape index (κ3) is 4.53. The number of hydrogen-bond acceptors (Lipinski definition) is 5. The van der Waals surface area contributed by atoms with Gasteiger partial charge in [0.15, 0.2) is 5.57 Å². The molecule has 100 valence electrons. The second kappa shape index (κ2) is 7.29. The topological polar surface area (TPSA) is 71.3 Å². The monoisotopic (exact) mass is 280 g/mol. The van der Waals surface area contributed by atoms with Gasteiger partial charge >= 0.3 is 5.97 Å². The lowest BCUT2D eigenvalue weighted by atomic mass is 10.2. The third-order valence-corrected chi connectivity index (χ3v) is 2.39. The number of hydrogen-bond donors (Lipinski definition) is 1. The van der Waals surface area contributed by atoms with Gasteiger partial charge in [0.2, 0.25) is 0 Å². The number of carbonyl (C=O) groups is 1. The highest BCUT2D eigenvalue weighted by molar-refractivity contribution is 6.30. The molecule has 0 aliphatic rings. The van der Waals surface area contributed by atoms with Gasteiger partial charge in [0, 0.05) is 5.02 Å². The van der Waals surface area contributed by atoms with Crippen LogP contribution in [0, 0.1) is 18.3 Å². The van der Waals surface area contributed by atoms with Crippen molar-refractivity contribution in [2.45, 2.75) is 13.8 Å². The molecule has 19 heavy (non-hydrogen) atoms. The second-order valence-electron chi connectivity index (χ2n) is 3.55. The molecule has 0 atom stereocenters. The molecule has 1 aromatic carbocycles. The van der Waals surface area contributed by atoms with E-state index in [0.717, 1.165) is 11.8 Å². The Balaban J connectivity index is 2.66. The quantitative estimate of drug-likeness (QED) is 0.388. The smallest absolute Gasteiger partial charge is 0.376 e. The first-order valence-electron chi connectivity index (χ1n) is 5.53. The first-order chi connectivity index (χ1) is 9.08. The predicted molar refractivity (Wildman–Crippen MR) is 71.2 cm³/mol. The molecule has 6 heteroatoms. The summed E-state index contributed by atoms with van der Waals surface area (Å²) in [7, 11) is 0. The van der Waals surface area contributed by atoms with Gasteiger partial charge < -0.3 is 9.57 Å². The summed E-state index contributed by atoms with van der Waals surface area (Å²) in [4.78, 5) is 16.3. The number of nitrogens with zero attached hydrogens (tertiary/aromatic N) is 1. The van der Waals surface area contributed by atoms with Crippen LogP contribution in [0.2, 0.25) is 5.02 Å². The fourth-order valence-corrected chi connectivity index (χ4v) is 1.41. The van der Waals surface area contributed by atoms with Crippen molar-refractivity contribution in [3.63, 3.8) is 0 Å². The van der Waals surface area contributed by atoms with Gasteiger partial charge in [-0.1, -0.05) is 11.6 Å². The number of carbonyl (C=O) groups excluding carboxylic acids is 1. The standard InChI is InChI=1S/C13H13ClN2O3/c1-3-18-8-10(7-15)13(17)19-16-12-5-4-11(14)6-9(12)2/h4-6,8,16H,3H2,1-2H3. The minimum atomic E-state index is -0.815. The molecule has 0 saturated carbocycles. The van der Waals surface area contributed by atoms with Crippen molar-refractivity contribution >= 4 is 23.3 Å². The van der Waals surface area contributed by atoms with Crippen LogP contribution in [0.4, 0.5) is 5.69 Å². The second-order valence-corrected chi connectivity index (χ2v) is 3.99. The van der Waals surface area contributed by atoms with Crippen LogP contribution in [0.15, 0.2) is 30.0 Å². The summed E-state index contributed by atoms with van der Waals surface area (Å²) in [6.07, 6.45) is 1.07. The minimum Gasteiger partial charge on any atom is -0.500 e. The zero-order chi connectivity index (χ0) is 14.3. The molecule has 0 heterocycles. The van der Waals surface area contributed by atoms with Crippen molar-refractivity contribution in [2.75, 3.05) is 12.1 Å². The van der Waals surface area contributed by atoms with Crippen LogP contribution in [0.3, 0.4) is 0 Å². The Morgan fingerprint density at radius 1 is 1.58 bits per heavy atom. The van der Waals surface area contributed by atoms with Gasteiger partial charge in [0.25, 0.3) is 0 Å². The Hall–Kier alpha value is -2.19. The molecule has 0 saturated heterocycles. The van der Waals surface area contributed by atoms with Gasteiger partial charge in [-0.15, -0.1) is 0 Å². The van der Waals surface area contributed by atoms with E-state index >= 15 is 0 Å². The van der Waals surface area contributed by atoms with Crippen LogP contribution >= 0.6 is 11.6 Å². The van der Waals surface area contributed by atoms with Crippen molar-refractivity contribution in [2.24, 2.45) is 0 Å². The van der Waals surface area contributed by atoms with E-state index in [2.05, 4.69) is 5.48 Å². The van der Waals surface area contributed by atoms with E-state index in [0.29, 0.717) is 17.3 Å². The molecule has 0 fully saturated rings. The Kier molecular flexibility index (Phi) is 5.71. The molecule has 0 unspecified atom stereocenters. The summed E-state index contributed by atoms with van der Waals surface area (Å²) in [5.41, 5.74) is 3.66. The summed E-state index contributed by atoms with van der Waals surface area (Å²) in [6.45, 7) is 3.91. The average Bonchev–Trinajstić information content (AvgIpc) is 2.38. The molecule has 0 aliphatic carbocycles. The van der Waals surface area contributed by atoms with Crippen molar-refractivity contribution in [3.8, 4) is 6.07 Å². The van der Waals surface area contributed by atoms with E-state index in [1.54, 1.807) is 31.2 Å². The highest BCUT2D eigenvalue weighted by Gasteiger charge is 2.12. The van der Waals surface area contributed by atoms with Crippen molar-refractivity contribution in [1.82, 2.24) is 0 Å². The minimum absolute atomic E-state index is 0.221. The molecule has 0 aromatic heterocycles. The predicted octanol–water partition coefficient (Wildman–Crippen LogP) is 2.96. The average molecular weight is 281 g/mol. The third-order valence-electron chi connectivity index (χ3n) is 2.15. The first-order valence-corrected chi connectivity index (χ1v) is 5.91. The van der Waals surface area contributed by atoms with Gasteiger partial charge in [0.05, 0.1) is 12.3 Å². The normalized spacial score (nSPS) is 10.5. The molecular weight excluding hydrogens is 268 g/mol. The Morgan fingerprint density at radius 3 is 2.89 bits per heavy atom. The summed E-state index contributed by atoms with van der Waals surface area (Å²) >= 11 is 5.81. The summed E-state index contributed by atoms with van der Waals surface area (Å²) in [5.74, 6) is -0.815. The number of ether oxygens (including phenoxy) is 1.